The molecular formula is C22H22N4O. The Morgan fingerprint density at radius 3 is 2.78 bits per heavy atom. The van der Waals surface area contributed by atoms with Crippen LogP contribution in [-0.4, -0.2) is 20.7 Å². The molecular weight excluding hydrogens is 336 g/mol. The molecule has 136 valence electrons. The first kappa shape index (κ1) is 16.2. The monoisotopic (exact) mass is 358 g/mol. The summed E-state index contributed by atoms with van der Waals surface area (Å²) in [5.41, 5.74) is 3.57. The highest BCUT2D eigenvalue weighted by molar-refractivity contribution is 5.83. The third-order valence-corrected chi connectivity index (χ3v) is 5.72. The van der Waals surface area contributed by atoms with E-state index >= 15 is 0 Å². The van der Waals surface area contributed by atoms with Crippen molar-refractivity contribution in [2.24, 2.45) is 5.92 Å². The summed E-state index contributed by atoms with van der Waals surface area (Å²) < 4.78 is 1.91. The summed E-state index contributed by atoms with van der Waals surface area (Å²) in [6.07, 6.45) is 7.60. The van der Waals surface area contributed by atoms with Crippen LogP contribution in [0.2, 0.25) is 0 Å². The largest absolute Gasteiger partial charge is 0.349 e. The lowest BCUT2D eigenvalue weighted by Crippen LogP contribution is -2.32. The molecule has 5 rings (SSSR count). The highest BCUT2D eigenvalue weighted by Crippen LogP contribution is 2.48. The van der Waals surface area contributed by atoms with Crippen molar-refractivity contribution < 1.29 is 4.79 Å². The highest BCUT2D eigenvalue weighted by Gasteiger charge is 2.44. The normalized spacial score (nSPS) is 23.5. The number of carbonyl (C=O) groups is 1. The maximum absolute atomic E-state index is 12.8. The van der Waals surface area contributed by atoms with Gasteiger partial charge < -0.3 is 5.32 Å². The van der Waals surface area contributed by atoms with Crippen molar-refractivity contribution in [1.82, 2.24) is 20.1 Å². The minimum absolute atomic E-state index is 0.0516. The molecule has 2 aromatic heterocycles. The van der Waals surface area contributed by atoms with Gasteiger partial charge in [0.1, 0.15) is 0 Å². The van der Waals surface area contributed by atoms with Crippen LogP contribution in [0.25, 0.3) is 5.82 Å². The van der Waals surface area contributed by atoms with Crippen LogP contribution in [0, 0.1) is 5.92 Å². The van der Waals surface area contributed by atoms with Crippen LogP contribution in [0.15, 0.2) is 60.9 Å². The lowest BCUT2D eigenvalue weighted by atomic mass is 9.92. The Morgan fingerprint density at radius 1 is 1.11 bits per heavy atom. The minimum Gasteiger partial charge on any atom is -0.349 e. The average Bonchev–Trinajstić information content (AvgIpc) is 3.41. The summed E-state index contributed by atoms with van der Waals surface area (Å²) in [4.78, 5) is 17.2. The summed E-state index contributed by atoms with van der Waals surface area (Å²) in [5, 5.41) is 7.84. The van der Waals surface area contributed by atoms with Gasteiger partial charge >= 0.3 is 0 Å². The van der Waals surface area contributed by atoms with Crippen LogP contribution < -0.4 is 5.32 Å². The highest BCUT2D eigenvalue weighted by atomic mass is 16.2. The molecule has 0 bridgehead atoms. The van der Waals surface area contributed by atoms with E-state index in [4.69, 9.17) is 0 Å². The number of rotatable bonds is 4. The topological polar surface area (TPSA) is 59.8 Å². The minimum atomic E-state index is 0.0516. The van der Waals surface area contributed by atoms with Crippen LogP contribution >= 0.6 is 0 Å². The van der Waals surface area contributed by atoms with Gasteiger partial charge in [0, 0.05) is 17.7 Å². The number of hydrogen-bond donors (Lipinski definition) is 1. The molecule has 1 saturated carbocycles. The van der Waals surface area contributed by atoms with Gasteiger partial charge in [-0.2, -0.15) is 5.10 Å². The zero-order valence-electron chi connectivity index (χ0n) is 15.1. The lowest BCUT2D eigenvalue weighted by molar-refractivity contribution is -0.123. The zero-order valence-corrected chi connectivity index (χ0v) is 15.1. The summed E-state index contributed by atoms with van der Waals surface area (Å²) >= 11 is 0. The fraction of sp³-hybridized carbons (Fsp3) is 0.318. The Morgan fingerprint density at radius 2 is 1.96 bits per heavy atom. The van der Waals surface area contributed by atoms with Crippen LogP contribution in [0.4, 0.5) is 0 Å². The summed E-state index contributed by atoms with van der Waals surface area (Å²) in [7, 11) is 0. The molecule has 0 unspecified atom stereocenters. The van der Waals surface area contributed by atoms with E-state index in [1.165, 1.54) is 11.3 Å². The Labute approximate surface area is 158 Å². The van der Waals surface area contributed by atoms with E-state index in [1.807, 2.05) is 47.3 Å². The van der Waals surface area contributed by atoms with Crippen LogP contribution in [0.5, 0.6) is 0 Å². The van der Waals surface area contributed by atoms with Gasteiger partial charge in [0.25, 0.3) is 0 Å². The quantitative estimate of drug-likeness (QED) is 0.776. The zero-order chi connectivity index (χ0) is 18.2. The van der Waals surface area contributed by atoms with Crippen molar-refractivity contribution in [2.75, 3.05) is 0 Å². The number of nitrogens with one attached hydrogen (secondary N) is 1. The molecule has 1 fully saturated rings. The average molecular weight is 358 g/mol. The van der Waals surface area contributed by atoms with Crippen molar-refractivity contribution in [3.63, 3.8) is 0 Å². The van der Waals surface area contributed by atoms with Gasteiger partial charge in [0.05, 0.1) is 17.9 Å². The fourth-order valence-electron chi connectivity index (χ4n) is 4.22. The van der Waals surface area contributed by atoms with Crippen molar-refractivity contribution in [2.45, 2.75) is 37.6 Å². The molecule has 0 aliphatic heterocycles. The van der Waals surface area contributed by atoms with E-state index in [9.17, 15) is 4.79 Å². The van der Waals surface area contributed by atoms with Gasteiger partial charge in [-0.3, -0.25) is 4.79 Å². The summed E-state index contributed by atoms with van der Waals surface area (Å²) in [6.45, 7) is 0. The Kier molecular flexibility index (Phi) is 4.00. The Balaban J connectivity index is 1.32. The molecule has 1 amide bonds. The molecule has 5 nitrogen and oxygen atoms in total. The van der Waals surface area contributed by atoms with Crippen LogP contribution in [-0.2, 0) is 11.2 Å². The van der Waals surface area contributed by atoms with Gasteiger partial charge in [0.15, 0.2) is 5.82 Å². The number of hydrogen-bond acceptors (Lipinski definition) is 3. The number of amides is 1. The third kappa shape index (κ3) is 3.03. The van der Waals surface area contributed by atoms with E-state index in [0.29, 0.717) is 5.92 Å². The fourth-order valence-corrected chi connectivity index (χ4v) is 4.22. The second-order valence-electron chi connectivity index (χ2n) is 7.46. The van der Waals surface area contributed by atoms with E-state index in [1.54, 1.807) is 6.20 Å². The molecule has 2 heterocycles. The molecule has 1 N–H and O–H groups in total. The van der Waals surface area contributed by atoms with E-state index in [-0.39, 0.29) is 17.9 Å². The molecule has 0 spiro atoms. The van der Waals surface area contributed by atoms with Gasteiger partial charge in [-0.15, -0.1) is 0 Å². The van der Waals surface area contributed by atoms with Crippen LogP contribution in [0.1, 0.15) is 48.0 Å². The molecule has 1 aromatic carbocycles. The second kappa shape index (κ2) is 6.65. The molecule has 3 aromatic rings. The maximum atomic E-state index is 12.8. The Hall–Kier alpha value is -2.95. The predicted molar refractivity (Wildman–Crippen MR) is 102 cm³/mol. The first-order chi connectivity index (χ1) is 13.3. The van der Waals surface area contributed by atoms with Gasteiger partial charge in [-0.25, -0.2) is 9.67 Å². The molecule has 2 aliphatic rings. The predicted octanol–water partition coefficient (Wildman–Crippen LogP) is 3.56. The summed E-state index contributed by atoms with van der Waals surface area (Å²) in [6, 6.07) is 16.2. The number of benzene rings is 1. The Bertz CT molecular complexity index is 951. The first-order valence-electron chi connectivity index (χ1n) is 9.65. The molecule has 0 radical (unpaired) electrons. The van der Waals surface area contributed by atoms with Crippen molar-refractivity contribution in [3.8, 4) is 5.82 Å². The van der Waals surface area contributed by atoms with Gasteiger partial charge in [-0.1, -0.05) is 36.4 Å². The second-order valence-corrected chi connectivity index (χ2v) is 7.46. The van der Waals surface area contributed by atoms with Crippen molar-refractivity contribution >= 4 is 5.91 Å². The number of aromatic nitrogens is 3. The van der Waals surface area contributed by atoms with E-state index in [0.717, 1.165) is 37.1 Å². The SMILES string of the molecule is O=C(N[C@@H]1CCCc2c1cnn2-c1ccccn1)[C@@H]1C[C@@H]1c1ccccc1. The number of carbonyl (C=O) groups excluding carboxylic acids is 1. The van der Waals surface area contributed by atoms with Gasteiger partial charge in [-0.05, 0) is 49.3 Å². The number of pyridine rings is 1. The number of nitrogens with zero attached hydrogens (tertiary/aromatic N) is 3. The van der Waals surface area contributed by atoms with Crippen LogP contribution in [0.3, 0.4) is 0 Å². The molecule has 2 aliphatic carbocycles. The molecule has 0 saturated heterocycles. The van der Waals surface area contributed by atoms with Crippen molar-refractivity contribution in [3.05, 3.63) is 77.7 Å². The molecule has 27 heavy (non-hydrogen) atoms. The number of fused-ring (bicyclic) bond motifs is 1. The van der Waals surface area contributed by atoms with Gasteiger partial charge in [0.2, 0.25) is 5.91 Å². The third-order valence-electron chi connectivity index (χ3n) is 5.72. The van der Waals surface area contributed by atoms with E-state index in [2.05, 4.69) is 27.5 Å². The van der Waals surface area contributed by atoms with E-state index < -0.39 is 0 Å². The standard InChI is InChI=1S/C22H22N4O/c27-22(17-13-16(17)15-7-2-1-3-8-15)25-19-9-6-10-20-18(19)14-24-26(20)21-11-4-5-12-23-21/h1-5,7-8,11-12,14,16-17,19H,6,9-10,13H2,(H,25,27)/t16-,17-,19-/m1/s1. The van der Waals surface area contributed by atoms with Crippen molar-refractivity contribution in [1.29, 1.82) is 0 Å². The first-order valence-corrected chi connectivity index (χ1v) is 9.65. The lowest BCUT2D eigenvalue weighted by Gasteiger charge is -2.24. The summed E-state index contributed by atoms with van der Waals surface area (Å²) in [5.74, 6) is 1.47. The smallest absolute Gasteiger partial charge is 0.224 e. The molecule has 3 atom stereocenters. The maximum Gasteiger partial charge on any atom is 0.224 e. The molecule has 5 heteroatoms.